The fraction of sp³-hybridized carbons (Fsp3) is 0.250. The molecule has 2 aromatic rings. The molecule has 0 aliphatic carbocycles. The summed E-state index contributed by atoms with van der Waals surface area (Å²) in [4.78, 5) is 7.57. The zero-order valence-corrected chi connectivity index (χ0v) is 8.63. The van der Waals surface area contributed by atoms with E-state index in [9.17, 15) is 0 Å². The van der Waals surface area contributed by atoms with Gasteiger partial charge in [-0.05, 0) is 0 Å². The average molecular weight is 223 g/mol. The molecule has 4 nitrogen and oxygen atoms in total. The van der Waals surface area contributed by atoms with E-state index in [-0.39, 0.29) is 16.8 Å². The van der Waals surface area contributed by atoms with Crippen LogP contribution >= 0.6 is 0 Å². The van der Waals surface area contributed by atoms with Gasteiger partial charge in [0.25, 0.3) is 0 Å². The minimum absolute atomic E-state index is 0. The minimum atomic E-state index is 0. The molecule has 0 spiro atoms. The zero-order valence-electron chi connectivity index (χ0n) is 7.59. The summed E-state index contributed by atoms with van der Waals surface area (Å²) < 4.78 is 3.78. The summed E-state index contributed by atoms with van der Waals surface area (Å²) in [6, 6.07) is 0. The number of aryl methyl sites for hydroxylation is 2. The van der Waals surface area contributed by atoms with Crippen LogP contribution in [0.2, 0.25) is 0 Å². The van der Waals surface area contributed by atoms with E-state index in [1.807, 2.05) is 35.6 Å². The largest absolute Gasteiger partial charge is 0.341 e. The SMILES string of the molecule is Cn1ccnc1.Cn1ccnc1.[Co]. The molecule has 0 aliphatic rings. The van der Waals surface area contributed by atoms with Gasteiger partial charge >= 0.3 is 0 Å². The summed E-state index contributed by atoms with van der Waals surface area (Å²) in [7, 11) is 3.88. The van der Waals surface area contributed by atoms with Crippen molar-refractivity contribution in [3.63, 3.8) is 0 Å². The fourth-order valence-corrected chi connectivity index (χ4v) is 0.652. The van der Waals surface area contributed by atoms with Gasteiger partial charge in [0.05, 0.1) is 12.7 Å². The van der Waals surface area contributed by atoms with Gasteiger partial charge in [-0.3, -0.25) is 0 Å². The van der Waals surface area contributed by atoms with Gasteiger partial charge in [0.15, 0.2) is 0 Å². The van der Waals surface area contributed by atoms with Gasteiger partial charge in [0, 0.05) is 55.7 Å². The van der Waals surface area contributed by atoms with Gasteiger partial charge < -0.3 is 9.13 Å². The molecule has 0 saturated heterocycles. The summed E-state index contributed by atoms with van der Waals surface area (Å²) >= 11 is 0. The van der Waals surface area contributed by atoms with Crippen molar-refractivity contribution in [3.8, 4) is 0 Å². The van der Waals surface area contributed by atoms with E-state index >= 15 is 0 Å². The van der Waals surface area contributed by atoms with E-state index < -0.39 is 0 Å². The summed E-state index contributed by atoms with van der Waals surface area (Å²) in [5, 5.41) is 0. The molecule has 13 heavy (non-hydrogen) atoms. The van der Waals surface area contributed by atoms with Crippen LogP contribution < -0.4 is 0 Å². The van der Waals surface area contributed by atoms with Crippen LogP contribution in [-0.4, -0.2) is 19.1 Å². The van der Waals surface area contributed by atoms with E-state index in [4.69, 9.17) is 0 Å². The molecule has 73 valence electrons. The molecular formula is C8H12CoN4. The van der Waals surface area contributed by atoms with Crippen molar-refractivity contribution in [3.05, 3.63) is 37.4 Å². The second-order valence-electron chi connectivity index (χ2n) is 2.46. The van der Waals surface area contributed by atoms with E-state index in [2.05, 4.69) is 9.97 Å². The number of aromatic nitrogens is 4. The van der Waals surface area contributed by atoms with E-state index in [0.29, 0.717) is 0 Å². The van der Waals surface area contributed by atoms with Crippen molar-refractivity contribution in [2.24, 2.45) is 14.1 Å². The van der Waals surface area contributed by atoms with Crippen molar-refractivity contribution in [2.75, 3.05) is 0 Å². The molecule has 0 aromatic carbocycles. The molecule has 0 saturated carbocycles. The van der Waals surface area contributed by atoms with Crippen molar-refractivity contribution in [1.29, 1.82) is 0 Å². The maximum atomic E-state index is 3.78. The standard InChI is InChI=1S/2C4H6N2.Co/c2*1-6-3-2-5-4-6;/h2*2-4H,1H3;. The van der Waals surface area contributed by atoms with Gasteiger partial charge in [-0.25, -0.2) is 9.97 Å². The molecule has 0 bridgehead atoms. The van der Waals surface area contributed by atoms with Crippen LogP contribution in [0.15, 0.2) is 37.4 Å². The normalized spacial score (nSPS) is 8.15. The molecule has 0 amide bonds. The minimum Gasteiger partial charge on any atom is -0.341 e. The Hall–Kier alpha value is -1.07. The Balaban J connectivity index is 0.000000206. The van der Waals surface area contributed by atoms with Crippen molar-refractivity contribution in [1.82, 2.24) is 19.1 Å². The smallest absolute Gasteiger partial charge is 0.0943 e. The molecule has 2 rings (SSSR count). The summed E-state index contributed by atoms with van der Waals surface area (Å²) in [6.07, 6.45) is 10.8. The predicted octanol–water partition coefficient (Wildman–Crippen LogP) is 0.838. The van der Waals surface area contributed by atoms with Gasteiger partial charge in [-0.15, -0.1) is 0 Å². The number of imidazole rings is 2. The predicted molar refractivity (Wildman–Crippen MR) is 46.4 cm³/mol. The monoisotopic (exact) mass is 223 g/mol. The Kier molecular flexibility index (Phi) is 5.91. The van der Waals surface area contributed by atoms with Crippen molar-refractivity contribution in [2.45, 2.75) is 0 Å². The topological polar surface area (TPSA) is 35.6 Å². The van der Waals surface area contributed by atoms with Crippen LogP contribution in [0.5, 0.6) is 0 Å². The van der Waals surface area contributed by atoms with Crippen LogP contribution in [0.25, 0.3) is 0 Å². The van der Waals surface area contributed by atoms with E-state index in [0.717, 1.165) is 0 Å². The maximum Gasteiger partial charge on any atom is 0.0943 e. The molecule has 2 aromatic heterocycles. The summed E-state index contributed by atoms with van der Waals surface area (Å²) in [5.74, 6) is 0. The van der Waals surface area contributed by atoms with Crippen LogP contribution in [0.3, 0.4) is 0 Å². The van der Waals surface area contributed by atoms with Crippen LogP contribution in [0.4, 0.5) is 0 Å². The second-order valence-corrected chi connectivity index (χ2v) is 2.46. The molecular weight excluding hydrogens is 211 g/mol. The number of rotatable bonds is 0. The van der Waals surface area contributed by atoms with Gasteiger partial charge in [0.1, 0.15) is 0 Å². The number of nitrogens with zero attached hydrogens (tertiary/aromatic N) is 4. The third-order valence-electron chi connectivity index (χ3n) is 1.27. The fourth-order valence-electron chi connectivity index (χ4n) is 0.652. The van der Waals surface area contributed by atoms with Crippen LogP contribution in [0.1, 0.15) is 0 Å². The first kappa shape index (κ1) is 11.9. The van der Waals surface area contributed by atoms with Gasteiger partial charge in [0.2, 0.25) is 0 Å². The third-order valence-corrected chi connectivity index (χ3v) is 1.27. The molecule has 0 atom stereocenters. The number of hydrogen-bond acceptors (Lipinski definition) is 2. The van der Waals surface area contributed by atoms with Crippen LogP contribution in [-0.2, 0) is 30.9 Å². The molecule has 0 unspecified atom stereocenters. The second kappa shape index (κ2) is 6.44. The Morgan fingerprint density at radius 2 is 1.23 bits per heavy atom. The molecule has 1 radical (unpaired) electrons. The molecule has 0 N–H and O–H groups in total. The Bertz CT molecular complexity index is 256. The maximum absolute atomic E-state index is 3.78. The van der Waals surface area contributed by atoms with Gasteiger partial charge in [-0.2, -0.15) is 0 Å². The Morgan fingerprint density at radius 1 is 0.846 bits per heavy atom. The first-order valence-electron chi connectivity index (χ1n) is 3.63. The Morgan fingerprint density at radius 3 is 1.31 bits per heavy atom. The molecule has 2 heterocycles. The zero-order chi connectivity index (χ0) is 8.81. The molecule has 5 heteroatoms. The van der Waals surface area contributed by atoms with Gasteiger partial charge in [-0.1, -0.05) is 0 Å². The van der Waals surface area contributed by atoms with Crippen molar-refractivity contribution >= 4 is 0 Å². The number of hydrogen-bond donors (Lipinski definition) is 0. The first-order valence-corrected chi connectivity index (χ1v) is 3.63. The van der Waals surface area contributed by atoms with E-state index in [1.165, 1.54) is 0 Å². The summed E-state index contributed by atoms with van der Waals surface area (Å²) in [5.41, 5.74) is 0. The summed E-state index contributed by atoms with van der Waals surface area (Å²) in [6.45, 7) is 0. The van der Waals surface area contributed by atoms with Crippen LogP contribution in [0, 0.1) is 0 Å². The van der Waals surface area contributed by atoms with E-state index in [1.54, 1.807) is 25.0 Å². The Labute approximate surface area is 87.8 Å². The average Bonchev–Trinajstić information content (AvgIpc) is 2.63. The first-order chi connectivity index (χ1) is 5.79. The third kappa shape index (κ3) is 5.21. The van der Waals surface area contributed by atoms with Crippen molar-refractivity contribution < 1.29 is 16.8 Å². The molecule has 0 fully saturated rings. The molecule has 0 aliphatic heterocycles. The quantitative estimate of drug-likeness (QED) is 0.663.